The fourth-order valence-electron chi connectivity index (χ4n) is 1.61. The summed E-state index contributed by atoms with van der Waals surface area (Å²) in [6, 6.07) is 14.1. The third-order valence-electron chi connectivity index (χ3n) is 2.68. The number of benzene rings is 2. The fourth-order valence-corrected chi connectivity index (χ4v) is 1.61. The van der Waals surface area contributed by atoms with Crippen molar-refractivity contribution < 1.29 is 4.74 Å². The van der Waals surface area contributed by atoms with Crippen molar-refractivity contribution in [3.05, 3.63) is 53.1 Å². The second-order valence-electron chi connectivity index (χ2n) is 4.06. The molecule has 0 aliphatic heterocycles. The Hall–Kier alpha value is -2.98. The SMILES string of the molecule is Cc1ccc(C#N)cc1Oc1ccc(C#N)cc1N. The molecule has 0 unspecified atom stereocenters. The number of anilines is 1. The van der Waals surface area contributed by atoms with Crippen molar-refractivity contribution in [1.82, 2.24) is 0 Å². The van der Waals surface area contributed by atoms with Crippen LogP contribution >= 0.6 is 0 Å². The minimum atomic E-state index is 0.390. The number of hydrogen-bond acceptors (Lipinski definition) is 4. The van der Waals surface area contributed by atoms with Crippen molar-refractivity contribution in [2.45, 2.75) is 6.92 Å². The molecule has 0 saturated carbocycles. The summed E-state index contributed by atoms with van der Waals surface area (Å²) in [4.78, 5) is 0. The molecule has 92 valence electrons. The normalized spacial score (nSPS) is 9.42. The summed E-state index contributed by atoms with van der Waals surface area (Å²) >= 11 is 0. The Labute approximate surface area is 111 Å². The number of nitrogens with two attached hydrogens (primary N) is 1. The zero-order chi connectivity index (χ0) is 13.8. The Bertz CT molecular complexity index is 708. The van der Waals surface area contributed by atoms with Crippen molar-refractivity contribution in [1.29, 1.82) is 10.5 Å². The van der Waals surface area contributed by atoms with Crippen LogP contribution in [0.3, 0.4) is 0 Å². The van der Waals surface area contributed by atoms with Crippen LogP contribution in [0.2, 0.25) is 0 Å². The summed E-state index contributed by atoms with van der Waals surface area (Å²) in [6.45, 7) is 1.89. The zero-order valence-corrected chi connectivity index (χ0v) is 10.3. The van der Waals surface area contributed by atoms with Gasteiger partial charge in [-0.2, -0.15) is 10.5 Å². The van der Waals surface area contributed by atoms with Crippen LogP contribution in [0.15, 0.2) is 36.4 Å². The van der Waals surface area contributed by atoms with E-state index in [0.29, 0.717) is 28.3 Å². The first-order valence-electron chi connectivity index (χ1n) is 5.62. The Balaban J connectivity index is 2.37. The minimum Gasteiger partial charge on any atom is -0.455 e. The van der Waals surface area contributed by atoms with E-state index in [1.165, 1.54) is 0 Å². The number of rotatable bonds is 2. The lowest BCUT2D eigenvalue weighted by atomic mass is 10.1. The molecule has 2 N–H and O–H groups in total. The van der Waals surface area contributed by atoms with E-state index in [4.69, 9.17) is 21.0 Å². The standard InChI is InChI=1S/C15H11N3O/c1-10-2-3-12(9-17)7-15(10)19-14-5-4-11(8-16)6-13(14)18/h2-7H,18H2,1H3. The van der Waals surface area contributed by atoms with Crippen LogP contribution in [0.25, 0.3) is 0 Å². The van der Waals surface area contributed by atoms with Gasteiger partial charge in [0.05, 0.1) is 29.0 Å². The van der Waals surface area contributed by atoms with Crippen LogP contribution in [-0.2, 0) is 0 Å². The molecule has 4 nitrogen and oxygen atoms in total. The van der Waals surface area contributed by atoms with Crippen molar-refractivity contribution in [3.63, 3.8) is 0 Å². The second kappa shape index (κ2) is 5.12. The Morgan fingerprint density at radius 3 is 2.21 bits per heavy atom. The summed E-state index contributed by atoms with van der Waals surface area (Å²) in [5, 5.41) is 17.6. The molecule has 19 heavy (non-hydrogen) atoms. The van der Waals surface area contributed by atoms with Gasteiger partial charge in [0.2, 0.25) is 0 Å². The molecule has 0 atom stereocenters. The molecule has 0 amide bonds. The average Bonchev–Trinajstić information content (AvgIpc) is 2.43. The van der Waals surface area contributed by atoms with Crippen LogP contribution in [-0.4, -0.2) is 0 Å². The van der Waals surface area contributed by atoms with Gasteiger partial charge < -0.3 is 10.5 Å². The van der Waals surface area contributed by atoms with Gasteiger partial charge in [0.1, 0.15) is 11.5 Å². The molecule has 0 radical (unpaired) electrons. The molecule has 0 aliphatic rings. The highest BCUT2D eigenvalue weighted by Crippen LogP contribution is 2.30. The monoisotopic (exact) mass is 249 g/mol. The number of hydrogen-bond donors (Lipinski definition) is 1. The van der Waals surface area contributed by atoms with E-state index >= 15 is 0 Å². The Morgan fingerprint density at radius 1 is 0.947 bits per heavy atom. The van der Waals surface area contributed by atoms with Gasteiger partial charge in [-0.05, 0) is 42.8 Å². The molecular weight excluding hydrogens is 238 g/mol. The smallest absolute Gasteiger partial charge is 0.150 e. The van der Waals surface area contributed by atoms with Crippen molar-refractivity contribution >= 4 is 5.69 Å². The minimum absolute atomic E-state index is 0.390. The third-order valence-corrected chi connectivity index (χ3v) is 2.68. The number of nitriles is 2. The van der Waals surface area contributed by atoms with Gasteiger partial charge in [-0.3, -0.25) is 0 Å². The molecule has 2 aromatic rings. The van der Waals surface area contributed by atoms with Gasteiger partial charge in [-0.15, -0.1) is 0 Å². The first-order chi connectivity index (χ1) is 9.13. The number of nitrogens with zero attached hydrogens (tertiary/aromatic N) is 2. The maximum atomic E-state index is 8.88. The van der Waals surface area contributed by atoms with Crippen molar-refractivity contribution in [2.75, 3.05) is 5.73 Å². The first kappa shape index (κ1) is 12.5. The van der Waals surface area contributed by atoms with Crippen LogP contribution in [0.5, 0.6) is 11.5 Å². The van der Waals surface area contributed by atoms with E-state index in [1.54, 1.807) is 30.3 Å². The highest BCUT2D eigenvalue weighted by atomic mass is 16.5. The van der Waals surface area contributed by atoms with Gasteiger partial charge in [0, 0.05) is 0 Å². The molecule has 2 aromatic carbocycles. The largest absolute Gasteiger partial charge is 0.455 e. The lowest BCUT2D eigenvalue weighted by Gasteiger charge is -2.11. The molecule has 0 heterocycles. The summed E-state index contributed by atoms with van der Waals surface area (Å²) in [6.07, 6.45) is 0. The molecule has 0 saturated heterocycles. The lowest BCUT2D eigenvalue weighted by Crippen LogP contribution is -1.94. The van der Waals surface area contributed by atoms with Crippen LogP contribution < -0.4 is 10.5 Å². The summed E-state index contributed by atoms with van der Waals surface area (Å²) in [5.74, 6) is 1.05. The summed E-state index contributed by atoms with van der Waals surface area (Å²) in [7, 11) is 0. The molecule has 0 fully saturated rings. The van der Waals surface area contributed by atoms with Gasteiger partial charge in [0.25, 0.3) is 0 Å². The molecule has 0 aromatic heterocycles. The zero-order valence-electron chi connectivity index (χ0n) is 10.3. The quantitative estimate of drug-likeness (QED) is 0.829. The van der Waals surface area contributed by atoms with Gasteiger partial charge >= 0.3 is 0 Å². The van der Waals surface area contributed by atoms with E-state index in [-0.39, 0.29) is 0 Å². The Morgan fingerprint density at radius 2 is 1.58 bits per heavy atom. The van der Waals surface area contributed by atoms with Gasteiger partial charge in [-0.1, -0.05) is 6.07 Å². The van der Waals surface area contributed by atoms with E-state index in [1.807, 2.05) is 19.1 Å². The molecular formula is C15H11N3O. The summed E-state index contributed by atoms with van der Waals surface area (Å²) in [5.41, 5.74) is 8.12. The van der Waals surface area contributed by atoms with Crippen molar-refractivity contribution in [3.8, 4) is 23.6 Å². The Kier molecular flexibility index (Phi) is 3.36. The van der Waals surface area contributed by atoms with Crippen LogP contribution in [0, 0.1) is 29.6 Å². The molecule has 0 aliphatic carbocycles. The van der Waals surface area contributed by atoms with Gasteiger partial charge in [0.15, 0.2) is 0 Å². The molecule has 0 bridgehead atoms. The first-order valence-corrected chi connectivity index (χ1v) is 5.62. The lowest BCUT2D eigenvalue weighted by molar-refractivity contribution is 0.481. The average molecular weight is 249 g/mol. The third kappa shape index (κ3) is 2.65. The van der Waals surface area contributed by atoms with Crippen LogP contribution in [0.4, 0.5) is 5.69 Å². The van der Waals surface area contributed by atoms with Gasteiger partial charge in [-0.25, -0.2) is 0 Å². The maximum Gasteiger partial charge on any atom is 0.150 e. The van der Waals surface area contributed by atoms with E-state index in [2.05, 4.69) is 6.07 Å². The van der Waals surface area contributed by atoms with E-state index in [9.17, 15) is 0 Å². The fraction of sp³-hybridized carbons (Fsp3) is 0.0667. The number of aryl methyl sites for hydroxylation is 1. The number of nitrogen functional groups attached to an aromatic ring is 1. The van der Waals surface area contributed by atoms with E-state index < -0.39 is 0 Å². The highest BCUT2D eigenvalue weighted by Gasteiger charge is 2.07. The maximum absolute atomic E-state index is 8.88. The molecule has 2 rings (SSSR count). The highest BCUT2D eigenvalue weighted by molar-refractivity contribution is 5.58. The van der Waals surface area contributed by atoms with Crippen molar-refractivity contribution in [2.24, 2.45) is 0 Å². The topological polar surface area (TPSA) is 82.8 Å². The molecule has 0 spiro atoms. The number of ether oxygens (including phenoxy) is 1. The predicted octanol–water partition coefficient (Wildman–Crippen LogP) is 3.11. The summed E-state index contributed by atoms with van der Waals surface area (Å²) < 4.78 is 5.70. The predicted molar refractivity (Wildman–Crippen MR) is 71.5 cm³/mol. The van der Waals surface area contributed by atoms with E-state index in [0.717, 1.165) is 5.56 Å². The van der Waals surface area contributed by atoms with Crippen LogP contribution in [0.1, 0.15) is 16.7 Å². The second-order valence-corrected chi connectivity index (χ2v) is 4.06. The molecule has 4 heteroatoms.